The normalized spacial score (nSPS) is 10.1. The maximum Gasteiger partial charge on any atom is 0.195 e. The number of halogens is 2. The van der Waals surface area contributed by atoms with Gasteiger partial charge in [0.15, 0.2) is 5.78 Å². The number of ketones is 1. The molecule has 1 heterocycles. The SMILES string of the molecule is O=C(c1cccnc1)c1ccc(F)cc1I. The van der Waals surface area contributed by atoms with Gasteiger partial charge in [0, 0.05) is 27.1 Å². The van der Waals surface area contributed by atoms with Gasteiger partial charge in [0.25, 0.3) is 0 Å². The summed E-state index contributed by atoms with van der Waals surface area (Å²) in [6, 6.07) is 7.50. The number of carbonyl (C=O) groups excluding carboxylic acids is 1. The van der Waals surface area contributed by atoms with Crippen LogP contribution in [0.1, 0.15) is 15.9 Å². The fourth-order valence-corrected chi connectivity index (χ4v) is 2.05. The van der Waals surface area contributed by atoms with Crippen molar-refractivity contribution < 1.29 is 9.18 Å². The Morgan fingerprint density at radius 3 is 2.75 bits per heavy atom. The molecule has 2 aromatic rings. The van der Waals surface area contributed by atoms with Crippen molar-refractivity contribution in [3.8, 4) is 0 Å². The molecule has 0 aliphatic rings. The van der Waals surface area contributed by atoms with Crippen LogP contribution in [0.4, 0.5) is 4.39 Å². The van der Waals surface area contributed by atoms with E-state index < -0.39 is 0 Å². The van der Waals surface area contributed by atoms with Crippen LogP contribution in [0.25, 0.3) is 0 Å². The Morgan fingerprint density at radius 1 is 1.31 bits per heavy atom. The van der Waals surface area contributed by atoms with Gasteiger partial charge in [-0.1, -0.05) is 0 Å². The van der Waals surface area contributed by atoms with Gasteiger partial charge in [-0.05, 0) is 52.9 Å². The van der Waals surface area contributed by atoms with Gasteiger partial charge in [-0.2, -0.15) is 0 Å². The lowest BCUT2D eigenvalue weighted by molar-refractivity contribution is 0.103. The molecule has 0 aliphatic heterocycles. The molecule has 4 heteroatoms. The Morgan fingerprint density at radius 2 is 2.12 bits per heavy atom. The number of hydrogen-bond acceptors (Lipinski definition) is 2. The zero-order valence-electron chi connectivity index (χ0n) is 8.15. The van der Waals surface area contributed by atoms with Gasteiger partial charge in [-0.15, -0.1) is 0 Å². The molecule has 0 N–H and O–H groups in total. The van der Waals surface area contributed by atoms with Crippen molar-refractivity contribution in [2.45, 2.75) is 0 Å². The van der Waals surface area contributed by atoms with E-state index in [0.29, 0.717) is 14.7 Å². The van der Waals surface area contributed by atoms with Gasteiger partial charge in [0.2, 0.25) is 0 Å². The van der Waals surface area contributed by atoms with Crippen LogP contribution in [0.3, 0.4) is 0 Å². The Balaban J connectivity index is 2.42. The summed E-state index contributed by atoms with van der Waals surface area (Å²) in [5.41, 5.74) is 1.00. The van der Waals surface area contributed by atoms with Gasteiger partial charge in [-0.3, -0.25) is 9.78 Å². The van der Waals surface area contributed by atoms with Crippen LogP contribution < -0.4 is 0 Å². The summed E-state index contributed by atoms with van der Waals surface area (Å²) in [5.74, 6) is -0.482. The van der Waals surface area contributed by atoms with Gasteiger partial charge < -0.3 is 0 Å². The third-order valence-corrected chi connectivity index (χ3v) is 2.99. The van der Waals surface area contributed by atoms with Crippen molar-refractivity contribution in [3.05, 3.63) is 63.2 Å². The Bertz CT molecular complexity index is 528. The van der Waals surface area contributed by atoms with Crippen LogP contribution in [0.2, 0.25) is 0 Å². The number of nitrogens with zero attached hydrogens (tertiary/aromatic N) is 1. The minimum Gasteiger partial charge on any atom is -0.289 e. The molecule has 1 aromatic carbocycles. The molecule has 0 aliphatic carbocycles. The van der Waals surface area contributed by atoms with E-state index >= 15 is 0 Å². The molecule has 0 spiro atoms. The molecule has 1 aromatic heterocycles. The summed E-state index contributed by atoms with van der Waals surface area (Å²) in [5, 5.41) is 0. The molecule has 0 bridgehead atoms. The number of hydrogen-bond donors (Lipinski definition) is 0. The third-order valence-electron chi connectivity index (χ3n) is 2.10. The number of rotatable bonds is 2. The predicted molar refractivity (Wildman–Crippen MR) is 66.8 cm³/mol. The maximum atomic E-state index is 12.9. The summed E-state index contributed by atoms with van der Waals surface area (Å²) in [4.78, 5) is 15.9. The molecule has 2 nitrogen and oxygen atoms in total. The average Bonchev–Trinajstić information content (AvgIpc) is 2.29. The molecule has 2 rings (SSSR count). The van der Waals surface area contributed by atoms with Crippen LogP contribution in [0.5, 0.6) is 0 Å². The Kier molecular flexibility index (Phi) is 3.28. The third kappa shape index (κ3) is 2.27. The lowest BCUT2D eigenvalue weighted by atomic mass is 10.1. The van der Waals surface area contributed by atoms with Crippen molar-refractivity contribution in [1.29, 1.82) is 0 Å². The second-order valence-corrected chi connectivity index (χ2v) is 4.36. The highest BCUT2D eigenvalue weighted by Crippen LogP contribution is 2.17. The van der Waals surface area contributed by atoms with E-state index in [0.717, 1.165) is 0 Å². The molecule has 0 unspecified atom stereocenters. The van der Waals surface area contributed by atoms with E-state index in [4.69, 9.17) is 0 Å². The first kappa shape index (κ1) is 11.2. The highest BCUT2D eigenvalue weighted by molar-refractivity contribution is 14.1. The molecule has 0 amide bonds. The Hall–Kier alpha value is -1.30. The van der Waals surface area contributed by atoms with E-state index in [1.807, 2.05) is 22.6 Å². The van der Waals surface area contributed by atoms with Gasteiger partial charge in [0.1, 0.15) is 5.82 Å². The highest BCUT2D eigenvalue weighted by atomic mass is 127. The largest absolute Gasteiger partial charge is 0.289 e. The summed E-state index contributed by atoms with van der Waals surface area (Å²) >= 11 is 1.95. The van der Waals surface area contributed by atoms with Crippen molar-refractivity contribution >= 4 is 28.4 Å². The fraction of sp³-hybridized carbons (Fsp3) is 0. The minimum absolute atomic E-state index is 0.141. The first-order chi connectivity index (χ1) is 7.68. The number of carbonyl (C=O) groups is 1. The van der Waals surface area contributed by atoms with Gasteiger partial charge in [0.05, 0.1) is 0 Å². The first-order valence-electron chi connectivity index (χ1n) is 4.58. The first-order valence-corrected chi connectivity index (χ1v) is 5.66. The second kappa shape index (κ2) is 4.69. The van der Waals surface area contributed by atoms with Gasteiger partial charge >= 0.3 is 0 Å². The topological polar surface area (TPSA) is 30.0 Å². The van der Waals surface area contributed by atoms with Crippen LogP contribution >= 0.6 is 22.6 Å². The fourth-order valence-electron chi connectivity index (χ4n) is 1.33. The van der Waals surface area contributed by atoms with Gasteiger partial charge in [-0.25, -0.2) is 4.39 Å². The molecule has 0 saturated heterocycles. The minimum atomic E-state index is -0.341. The van der Waals surface area contributed by atoms with E-state index in [-0.39, 0.29) is 11.6 Å². The summed E-state index contributed by atoms with van der Waals surface area (Å²) < 4.78 is 13.5. The zero-order chi connectivity index (χ0) is 11.5. The van der Waals surface area contributed by atoms with E-state index in [2.05, 4.69) is 4.98 Å². The molecular formula is C12H7FINO. The van der Waals surface area contributed by atoms with E-state index in [9.17, 15) is 9.18 Å². The van der Waals surface area contributed by atoms with Crippen molar-refractivity contribution in [1.82, 2.24) is 4.98 Å². The molecule has 0 radical (unpaired) electrons. The van der Waals surface area contributed by atoms with E-state index in [1.165, 1.54) is 24.4 Å². The molecule has 16 heavy (non-hydrogen) atoms. The lowest BCUT2D eigenvalue weighted by Crippen LogP contribution is -2.04. The number of pyridine rings is 1. The van der Waals surface area contributed by atoms with Crippen LogP contribution in [-0.2, 0) is 0 Å². The van der Waals surface area contributed by atoms with Crippen LogP contribution in [0, 0.1) is 9.39 Å². The summed E-state index contributed by atoms with van der Waals surface area (Å²) in [6.07, 6.45) is 3.11. The summed E-state index contributed by atoms with van der Waals surface area (Å²) in [6.45, 7) is 0. The molecule has 80 valence electrons. The zero-order valence-corrected chi connectivity index (χ0v) is 10.3. The van der Waals surface area contributed by atoms with Crippen molar-refractivity contribution in [3.63, 3.8) is 0 Å². The van der Waals surface area contributed by atoms with Crippen LogP contribution in [-0.4, -0.2) is 10.8 Å². The molecule has 0 saturated carbocycles. The van der Waals surface area contributed by atoms with Crippen molar-refractivity contribution in [2.75, 3.05) is 0 Å². The van der Waals surface area contributed by atoms with E-state index in [1.54, 1.807) is 18.3 Å². The predicted octanol–water partition coefficient (Wildman–Crippen LogP) is 3.06. The average molecular weight is 327 g/mol. The lowest BCUT2D eigenvalue weighted by Gasteiger charge is -2.03. The monoisotopic (exact) mass is 327 g/mol. The summed E-state index contributed by atoms with van der Waals surface area (Å²) in [7, 11) is 0. The molecule has 0 fully saturated rings. The number of benzene rings is 1. The Labute approximate surface area is 106 Å². The second-order valence-electron chi connectivity index (χ2n) is 3.19. The quantitative estimate of drug-likeness (QED) is 0.627. The van der Waals surface area contributed by atoms with Crippen molar-refractivity contribution in [2.24, 2.45) is 0 Å². The number of aromatic nitrogens is 1. The molecule has 0 atom stereocenters. The maximum absolute atomic E-state index is 12.9. The standard InChI is InChI=1S/C12H7FINO/c13-9-3-4-10(11(14)6-9)12(16)8-2-1-5-15-7-8/h1-7H. The smallest absolute Gasteiger partial charge is 0.195 e. The van der Waals surface area contributed by atoms with Crippen LogP contribution in [0.15, 0.2) is 42.7 Å². The highest BCUT2D eigenvalue weighted by Gasteiger charge is 2.12. The molecular weight excluding hydrogens is 320 g/mol.